The molecule has 0 aromatic carbocycles. The highest BCUT2D eigenvalue weighted by atomic mass is 16.5. The topological polar surface area (TPSA) is 175 Å². The third kappa shape index (κ3) is 13.3. The minimum Gasteiger partial charge on any atom is -0.447 e. The van der Waals surface area contributed by atoms with E-state index >= 15 is 0 Å². The molecule has 1 aliphatic heterocycles. The van der Waals surface area contributed by atoms with Gasteiger partial charge in [0.25, 0.3) is 5.91 Å². The molecule has 0 bridgehead atoms. The molecule has 5 N–H and O–H groups in total. The highest BCUT2D eigenvalue weighted by Gasteiger charge is 2.50. The molecule has 1 saturated heterocycles. The summed E-state index contributed by atoms with van der Waals surface area (Å²) in [6.45, 7) is 16.2. The summed E-state index contributed by atoms with van der Waals surface area (Å²) >= 11 is 0. The molecule has 308 valence electrons. The average molecular weight is 769 g/mol. The Morgan fingerprint density at radius 2 is 1.60 bits per heavy atom. The number of terminal acetylenes is 1. The van der Waals surface area contributed by atoms with Gasteiger partial charge >= 0.3 is 12.1 Å². The Morgan fingerprint density at radius 1 is 0.945 bits per heavy atom. The molecule has 5 atom stereocenters. The Hall–Kier alpha value is -4.08. The normalized spacial score (nSPS) is 21.6. The minimum atomic E-state index is -1.18. The van der Waals surface area contributed by atoms with Crippen LogP contribution in [0.2, 0.25) is 0 Å². The van der Waals surface area contributed by atoms with Crippen LogP contribution in [0.25, 0.3) is 0 Å². The second kappa shape index (κ2) is 21.3. The predicted molar refractivity (Wildman–Crippen MR) is 212 cm³/mol. The number of alkyl carbamates (subject to hydrolysis) is 1. The molecule has 2 aliphatic carbocycles. The molecule has 3 fully saturated rings. The van der Waals surface area contributed by atoms with Gasteiger partial charge in [0.1, 0.15) is 18.7 Å². The second-order valence-corrected chi connectivity index (χ2v) is 17.5. The summed E-state index contributed by atoms with van der Waals surface area (Å²) in [6, 6.07) is -4.22. The van der Waals surface area contributed by atoms with Crippen molar-refractivity contribution in [3.8, 4) is 12.3 Å². The zero-order valence-corrected chi connectivity index (χ0v) is 34.2. The number of amides is 6. The minimum absolute atomic E-state index is 0.0108. The number of hydrogen-bond donors (Lipinski definition) is 5. The fraction of sp³-hybridized carbons (Fsp3) is 0.762. The summed E-state index contributed by atoms with van der Waals surface area (Å²) in [4.78, 5) is 82.9. The Morgan fingerprint density at radius 3 is 2.20 bits per heavy atom. The average Bonchev–Trinajstić information content (AvgIpc) is 3.61. The smallest absolute Gasteiger partial charge is 0.407 e. The SMILES string of the molecule is C#CCCC(NC(=O)C1[C@@H](C(C)C)CCN1C(=O)[C@@H](NC(=O)NC(COC(=O)NCC1CCCCC1)C(C)(C)C)C1(C)CCCCC1)C(=O)C(=O)NCC=C. The van der Waals surface area contributed by atoms with Crippen LogP contribution in [0.4, 0.5) is 9.59 Å². The van der Waals surface area contributed by atoms with E-state index in [1.54, 1.807) is 4.90 Å². The molecule has 13 nitrogen and oxygen atoms in total. The number of rotatable bonds is 17. The highest BCUT2D eigenvalue weighted by molar-refractivity contribution is 6.38. The van der Waals surface area contributed by atoms with Crippen molar-refractivity contribution in [3.63, 3.8) is 0 Å². The van der Waals surface area contributed by atoms with Crippen molar-refractivity contribution in [3.05, 3.63) is 12.7 Å². The van der Waals surface area contributed by atoms with Gasteiger partial charge in [-0.05, 0) is 67.1 Å². The lowest BCUT2D eigenvalue weighted by atomic mass is 9.70. The number of ketones is 1. The zero-order valence-electron chi connectivity index (χ0n) is 34.2. The molecule has 2 saturated carbocycles. The number of carbonyl (C=O) groups excluding carboxylic acids is 6. The Labute approximate surface area is 329 Å². The molecule has 13 heteroatoms. The lowest BCUT2D eigenvalue weighted by molar-refractivity contribution is -0.145. The summed E-state index contributed by atoms with van der Waals surface area (Å²) in [7, 11) is 0. The van der Waals surface area contributed by atoms with Gasteiger partial charge in [0.05, 0.1) is 12.1 Å². The lowest BCUT2D eigenvalue weighted by Crippen LogP contribution is -2.63. The van der Waals surface area contributed by atoms with Crippen LogP contribution in [0, 0.1) is 40.9 Å². The van der Waals surface area contributed by atoms with E-state index in [1.807, 2.05) is 41.5 Å². The highest BCUT2D eigenvalue weighted by Crippen LogP contribution is 2.41. The van der Waals surface area contributed by atoms with Gasteiger partial charge in [0, 0.05) is 26.1 Å². The maximum absolute atomic E-state index is 14.8. The molecule has 0 aromatic heterocycles. The van der Waals surface area contributed by atoms with Crippen LogP contribution in [-0.4, -0.2) is 90.9 Å². The first-order valence-electron chi connectivity index (χ1n) is 20.5. The van der Waals surface area contributed by atoms with Crippen molar-refractivity contribution < 1.29 is 33.5 Å². The molecular formula is C42H68N6O7. The first kappa shape index (κ1) is 45.3. The van der Waals surface area contributed by atoms with E-state index in [9.17, 15) is 28.8 Å². The van der Waals surface area contributed by atoms with Gasteiger partial charge < -0.3 is 36.2 Å². The van der Waals surface area contributed by atoms with Crippen molar-refractivity contribution in [2.24, 2.45) is 28.6 Å². The summed E-state index contributed by atoms with van der Waals surface area (Å²) in [5.74, 6) is 0.0940. The Kier molecular flexibility index (Phi) is 17.5. The van der Waals surface area contributed by atoms with Gasteiger partial charge in [0.15, 0.2) is 0 Å². The molecule has 0 radical (unpaired) electrons. The largest absolute Gasteiger partial charge is 0.447 e. The molecule has 3 rings (SSSR count). The van der Waals surface area contributed by atoms with Crippen molar-refractivity contribution in [1.29, 1.82) is 0 Å². The predicted octanol–water partition coefficient (Wildman–Crippen LogP) is 4.99. The van der Waals surface area contributed by atoms with Crippen molar-refractivity contribution in [2.45, 2.75) is 149 Å². The van der Waals surface area contributed by atoms with Gasteiger partial charge in [-0.15, -0.1) is 18.9 Å². The molecule has 1 heterocycles. The van der Waals surface area contributed by atoms with E-state index in [1.165, 1.54) is 25.3 Å². The Balaban J connectivity index is 1.82. The molecule has 0 aromatic rings. The van der Waals surface area contributed by atoms with Crippen LogP contribution in [0.5, 0.6) is 0 Å². The summed E-state index contributed by atoms with van der Waals surface area (Å²) < 4.78 is 5.60. The second-order valence-electron chi connectivity index (χ2n) is 17.5. The van der Waals surface area contributed by atoms with Crippen molar-refractivity contribution in [2.75, 3.05) is 26.2 Å². The fourth-order valence-electron chi connectivity index (χ4n) is 8.28. The molecule has 6 amide bonds. The summed E-state index contributed by atoms with van der Waals surface area (Å²) in [5.41, 5.74) is -1.08. The number of hydrogen-bond acceptors (Lipinski definition) is 7. The van der Waals surface area contributed by atoms with E-state index in [4.69, 9.17) is 11.2 Å². The molecule has 3 unspecified atom stereocenters. The lowest BCUT2D eigenvalue weighted by Gasteiger charge is -2.43. The summed E-state index contributed by atoms with van der Waals surface area (Å²) in [5, 5.41) is 14.1. The van der Waals surface area contributed by atoms with Gasteiger partial charge in [0.2, 0.25) is 17.6 Å². The number of nitrogens with zero attached hydrogens (tertiary/aromatic N) is 1. The number of Topliss-reactive ketones (excluding diaryl/α,β-unsaturated/α-hetero) is 1. The maximum Gasteiger partial charge on any atom is 0.407 e. The number of nitrogens with one attached hydrogen (secondary N) is 5. The molecule has 3 aliphatic rings. The standard InChI is InChI=1S/C42H68N6O7/c1-9-11-20-31(34(49)37(51)43-24-10-2)45-36(50)33-30(28(3)4)21-25-48(33)38(52)35(42(8)22-16-13-17-23-42)47-39(53)46-32(41(5,6)7)27-55-40(54)44-26-29-18-14-12-15-19-29/h1,10,28-33,35H,2,11-27H2,3-8H3,(H,43,51)(H,44,54)(H,45,50)(H2,46,47,53)/t30-,31?,32?,33?,35-/m1/s1. The van der Waals surface area contributed by atoms with Crippen LogP contribution in [0.3, 0.4) is 0 Å². The van der Waals surface area contributed by atoms with Gasteiger partial charge in [-0.1, -0.05) is 86.1 Å². The number of likely N-dealkylation sites (tertiary alicyclic amines) is 1. The molecular weight excluding hydrogens is 700 g/mol. The van der Waals surface area contributed by atoms with Gasteiger partial charge in [-0.3, -0.25) is 19.2 Å². The number of carbonyl (C=O) groups is 6. The van der Waals surface area contributed by atoms with Crippen LogP contribution in [0.1, 0.15) is 125 Å². The maximum atomic E-state index is 14.8. The van der Waals surface area contributed by atoms with E-state index < -0.39 is 64.7 Å². The summed E-state index contributed by atoms with van der Waals surface area (Å²) in [6.07, 6.45) is 17.1. The zero-order chi connectivity index (χ0) is 40.8. The van der Waals surface area contributed by atoms with Crippen LogP contribution < -0.4 is 26.6 Å². The number of urea groups is 1. The monoisotopic (exact) mass is 769 g/mol. The van der Waals surface area contributed by atoms with Crippen LogP contribution in [-0.2, 0) is 23.9 Å². The van der Waals surface area contributed by atoms with Gasteiger partial charge in [-0.25, -0.2) is 9.59 Å². The van der Waals surface area contributed by atoms with Gasteiger partial charge in [-0.2, -0.15) is 0 Å². The molecule has 0 spiro atoms. The third-order valence-electron chi connectivity index (χ3n) is 11.9. The molecule has 55 heavy (non-hydrogen) atoms. The third-order valence-corrected chi connectivity index (χ3v) is 11.9. The van der Waals surface area contributed by atoms with Crippen LogP contribution in [0.15, 0.2) is 12.7 Å². The van der Waals surface area contributed by atoms with Crippen molar-refractivity contribution in [1.82, 2.24) is 31.5 Å². The quantitative estimate of drug-likeness (QED) is 0.0788. The first-order chi connectivity index (χ1) is 26.0. The number of ether oxygens (including phenoxy) is 1. The van der Waals surface area contributed by atoms with E-state index in [0.29, 0.717) is 31.7 Å². The van der Waals surface area contributed by atoms with E-state index in [-0.39, 0.29) is 50.3 Å². The fourth-order valence-corrected chi connectivity index (χ4v) is 8.28. The van der Waals surface area contributed by atoms with E-state index in [0.717, 1.165) is 32.1 Å². The Bertz CT molecular complexity index is 1390. The van der Waals surface area contributed by atoms with E-state index in [2.05, 4.69) is 39.1 Å². The van der Waals surface area contributed by atoms with Crippen molar-refractivity contribution >= 4 is 35.6 Å². The first-order valence-corrected chi connectivity index (χ1v) is 20.5. The van der Waals surface area contributed by atoms with Crippen LogP contribution >= 0.6 is 0 Å².